The fraction of sp³-hybridized carbons (Fsp3) is 0.296. The molecule has 1 saturated heterocycles. The number of pyridine rings is 1. The molecule has 5 rings (SSSR count). The molecule has 0 saturated carbocycles. The zero-order valence-corrected chi connectivity index (χ0v) is 21.5. The molecule has 186 valence electrons. The molecule has 0 N–H and O–H groups in total. The van der Waals surface area contributed by atoms with Gasteiger partial charge in [-0.05, 0) is 50.1 Å². The minimum absolute atomic E-state index is 0.0549. The Morgan fingerprint density at radius 3 is 2.33 bits per heavy atom. The Morgan fingerprint density at radius 2 is 1.64 bits per heavy atom. The predicted octanol–water partition coefficient (Wildman–Crippen LogP) is 3.56. The maximum atomic E-state index is 13.2. The average molecular weight is 504 g/mol. The van der Waals surface area contributed by atoms with Gasteiger partial charge in [-0.15, -0.1) is 0 Å². The van der Waals surface area contributed by atoms with Crippen molar-refractivity contribution >= 4 is 27.0 Å². The smallest absolute Gasteiger partial charge is 0.244 e. The standard InChI is InChI=1S/C27H29N5O3S/c1-19-7-9-23(10-8-19)36(34,35)31-15-13-30(14-16-31)25(33)18-32-27-26(21(3)29-32)24(11-12-28-27)22-6-4-5-20(2)17-22/h4-12,17H,13-16,18H2,1-3H3. The molecule has 2 aromatic heterocycles. The number of aromatic nitrogens is 3. The number of carbonyl (C=O) groups excluding carboxylic acids is 1. The summed E-state index contributed by atoms with van der Waals surface area (Å²) in [5.74, 6) is -0.102. The summed E-state index contributed by atoms with van der Waals surface area (Å²) >= 11 is 0. The first-order valence-corrected chi connectivity index (χ1v) is 13.4. The van der Waals surface area contributed by atoms with Crippen LogP contribution in [-0.2, 0) is 21.4 Å². The predicted molar refractivity (Wildman–Crippen MR) is 139 cm³/mol. The Morgan fingerprint density at radius 1 is 0.917 bits per heavy atom. The summed E-state index contributed by atoms with van der Waals surface area (Å²) in [6, 6.07) is 17.1. The first-order valence-electron chi connectivity index (χ1n) is 12.0. The molecule has 3 heterocycles. The van der Waals surface area contributed by atoms with Crippen LogP contribution >= 0.6 is 0 Å². The van der Waals surface area contributed by atoms with Gasteiger partial charge in [0.1, 0.15) is 6.54 Å². The van der Waals surface area contributed by atoms with Crippen LogP contribution in [0.5, 0.6) is 0 Å². The van der Waals surface area contributed by atoms with E-state index in [1.807, 2.05) is 26.0 Å². The van der Waals surface area contributed by atoms with E-state index in [-0.39, 0.29) is 30.4 Å². The highest BCUT2D eigenvalue weighted by molar-refractivity contribution is 7.89. The molecule has 2 aromatic carbocycles. The van der Waals surface area contributed by atoms with E-state index in [1.54, 1.807) is 40.0 Å². The van der Waals surface area contributed by atoms with E-state index in [9.17, 15) is 13.2 Å². The van der Waals surface area contributed by atoms with Crippen LogP contribution in [0.4, 0.5) is 0 Å². The molecule has 0 unspecified atom stereocenters. The van der Waals surface area contributed by atoms with Crippen LogP contribution < -0.4 is 0 Å². The van der Waals surface area contributed by atoms with E-state index in [1.165, 1.54) is 9.87 Å². The van der Waals surface area contributed by atoms with Crippen LogP contribution in [0.25, 0.3) is 22.2 Å². The van der Waals surface area contributed by atoms with Crippen molar-refractivity contribution < 1.29 is 13.2 Å². The van der Waals surface area contributed by atoms with Crippen molar-refractivity contribution in [2.24, 2.45) is 0 Å². The topological polar surface area (TPSA) is 88.4 Å². The lowest BCUT2D eigenvalue weighted by Crippen LogP contribution is -2.51. The summed E-state index contributed by atoms with van der Waals surface area (Å²) in [6.45, 7) is 7.16. The van der Waals surface area contributed by atoms with Gasteiger partial charge in [-0.3, -0.25) is 4.79 Å². The van der Waals surface area contributed by atoms with Crippen molar-refractivity contribution in [3.63, 3.8) is 0 Å². The van der Waals surface area contributed by atoms with Gasteiger partial charge >= 0.3 is 0 Å². The van der Waals surface area contributed by atoms with E-state index in [2.05, 4.69) is 35.2 Å². The largest absolute Gasteiger partial charge is 0.338 e. The van der Waals surface area contributed by atoms with Crippen molar-refractivity contribution in [1.82, 2.24) is 24.0 Å². The van der Waals surface area contributed by atoms with Gasteiger partial charge in [0.2, 0.25) is 15.9 Å². The second-order valence-corrected chi connectivity index (χ2v) is 11.2. The molecule has 0 bridgehead atoms. The van der Waals surface area contributed by atoms with Crippen LogP contribution in [0, 0.1) is 20.8 Å². The molecular weight excluding hydrogens is 474 g/mol. The molecule has 8 nitrogen and oxygen atoms in total. The zero-order chi connectivity index (χ0) is 25.4. The second kappa shape index (κ2) is 9.48. The highest BCUT2D eigenvalue weighted by Gasteiger charge is 2.30. The maximum Gasteiger partial charge on any atom is 0.244 e. The third-order valence-electron chi connectivity index (χ3n) is 6.67. The van der Waals surface area contributed by atoms with Crippen molar-refractivity contribution in [2.75, 3.05) is 26.2 Å². The fourth-order valence-electron chi connectivity index (χ4n) is 4.71. The number of nitrogens with zero attached hydrogens (tertiary/aromatic N) is 5. The normalized spacial score (nSPS) is 14.9. The monoisotopic (exact) mass is 503 g/mol. The fourth-order valence-corrected chi connectivity index (χ4v) is 6.13. The van der Waals surface area contributed by atoms with Gasteiger partial charge in [-0.2, -0.15) is 9.40 Å². The number of piperazine rings is 1. The molecule has 0 radical (unpaired) electrons. The summed E-state index contributed by atoms with van der Waals surface area (Å²) in [5.41, 5.74) is 5.78. The molecule has 1 amide bonds. The van der Waals surface area contributed by atoms with E-state index < -0.39 is 10.0 Å². The lowest BCUT2D eigenvalue weighted by atomic mass is 10.0. The minimum Gasteiger partial charge on any atom is -0.338 e. The molecule has 0 atom stereocenters. The van der Waals surface area contributed by atoms with E-state index in [0.29, 0.717) is 18.7 Å². The second-order valence-electron chi connectivity index (χ2n) is 9.27. The number of hydrogen-bond acceptors (Lipinski definition) is 5. The Hall–Kier alpha value is -3.56. The molecule has 0 spiro atoms. The average Bonchev–Trinajstić information content (AvgIpc) is 3.19. The summed E-state index contributed by atoms with van der Waals surface area (Å²) in [4.78, 5) is 19.7. The Labute approximate surface area is 211 Å². The van der Waals surface area contributed by atoms with Gasteiger partial charge in [-0.25, -0.2) is 18.1 Å². The molecule has 4 aromatic rings. The van der Waals surface area contributed by atoms with Gasteiger partial charge in [0.25, 0.3) is 0 Å². The lowest BCUT2D eigenvalue weighted by Gasteiger charge is -2.34. The summed E-state index contributed by atoms with van der Waals surface area (Å²) in [6.07, 6.45) is 1.75. The highest BCUT2D eigenvalue weighted by atomic mass is 32.2. The molecule has 0 aliphatic carbocycles. The molecule has 9 heteroatoms. The van der Waals surface area contributed by atoms with Crippen LogP contribution in [0.2, 0.25) is 0 Å². The van der Waals surface area contributed by atoms with Crippen LogP contribution in [-0.4, -0.2) is 64.5 Å². The van der Waals surface area contributed by atoms with E-state index in [0.717, 1.165) is 27.8 Å². The van der Waals surface area contributed by atoms with Crippen molar-refractivity contribution in [3.05, 3.63) is 77.6 Å². The highest BCUT2D eigenvalue weighted by Crippen LogP contribution is 2.30. The van der Waals surface area contributed by atoms with Crippen LogP contribution in [0.3, 0.4) is 0 Å². The zero-order valence-electron chi connectivity index (χ0n) is 20.7. The quantitative estimate of drug-likeness (QED) is 0.416. The number of benzene rings is 2. The maximum absolute atomic E-state index is 13.2. The Balaban J connectivity index is 1.31. The van der Waals surface area contributed by atoms with Gasteiger partial charge in [0, 0.05) is 37.8 Å². The van der Waals surface area contributed by atoms with Crippen LogP contribution in [0.1, 0.15) is 16.8 Å². The van der Waals surface area contributed by atoms with E-state index in [4.69, 9.17) is 0 Å². The van der Waals surface area contributed by atoms with E-state index >= 15 is 0 Å². The summed E-state index contributed by atoms with van der Waals surface area (Å²) < 4.78 is 29.1. The molecule has 1 aliphatic heterocycles. The number of hydrogen-bond donors (Lipinski definition) is 0. The van der Waals surface area contributed by atoms with Gasteiger partial charge in [0.15, 0.2) is 5.65 Å². The number of aryl methyl sites for hydroxylation is 3. The van der Waals surface area contributed by atoms with Crippen LogP contribution in [0.15, 0.2) is 65.7 Å². The van der Waals surface area contributed by atoms with Gasteiger partial charge < -0.3 is 4.90 Å². The number of amides is 1. The first-order chi connectivity index (χ1) is 17.2. The number of rotatable bonds is 5. The number of fused-ring (bicyclic) bond motifs is 1. The van der Waals surface area contributed by atoms with Gasteiger partial charge in [-0.1, -0.05) is 47.5 Å². The first kappa shape index (κ1) is 24.1. The van der Waals surface area contributed by atoms with Crippen molar-refractivity contribution in [2.45, 2.75) is 32.2 Å². The summed E-state index contributed by atoms with van der Waals surface area (Å²) in [7, 11) is -3.58. The lowest BCUT2D eigenvalue weighted by molar-refractivity contribution is -0.133. The third kappa shape index (κ3) is 4.52. The van der Waals surface area contributed by atoms with Gasteiger partial charge in [0.05, 0.1) is 10.6 Å². The van der Waals surface area contributed by atoms with Crippen molar-refractivity contribution in [1.29, 1.82) is 0 Å². The molecular formula is C27H29N5O3S. The minimum atomic E-state index is -3.58. The third-order valence-corrected chi connectivity index (χ3v) is 8.59. The number of sulfonamides is 1. The number of carbonyl (C=O) groups is 1. The molecule has 1 aliphatic rings. The summed E-state index contributed by atoms with van der Waals surface area (Å²) in [5, 5.41) is 5.57. The van der Waals surface area contributed by atoms with Crippen molar-refractivity contribution in [3.8, 4) is 11.1 Å². The molecule has 36 heavy (non-hydrogen) atoms. The Bertz CT molecular complexity index is 1540. The Kier molecular flexibility index (Phi) is 6.36. The molecule has 1 fully saturated rings. The SMILES string of the molecule is Cc1ccc(S(=O)(=O)N2CCN(C(=O)Cn3nc(C)c4c(-c5cccc(C)c5)ccnc43)CC2)cc1.